The minimum Gasteiger partial charge on any atom is -0.459 e. The predicted molar refractivity (Wildman–Crippen MR) is 107 cm³/mol. The zero-order valence-electron chi connectivity index (χ0n) is 14.3. The first-order valence-electron chi connectivity index (χ1n) is 8.09. The van der Waals surface area contributed by atoms with Gasteiger partial charge in [-0.1, -0.05) is 23.9 Å². The Morgan fingerprint density at radius 2 is 2.04 bits per heavy atom. The molecule has 1 saturated heterocycles. The van der Waals surface area contributed by atoms with E-state index in [1.54, 1.807) is 23.6 Å². The summed E-state index contributed by atoms with van der Waals surface area (Å²) < 4.78 is 6.53. The summed E-state index contributed by atoms with van der Waals surface area (Å²) in [5, 5.41) is 0.665. The number of hydrogen-bond donors (Lipinski definition) is 0. The molecule has 2 aliphatic rings. The first kappa shape index (κ1) is 18.4. The molecule has 0 bridgehead atoms. The topological polar surface area (TPSA) is 59.0 Å². The number of thioether (sulfide) groups is 1. The third-order valence-electron chi connectivity index (χ3n) is 3.96. The van der Waals surface area contributed by atoms with Crippen LogP contribution in [0.3, 0.4) is 0 Å². The van der Waals surface area contributed by atoms with Crippen LogP contribution in [-0.4, -0.2) is 33.8 Å². The summed E-state index contributed by atoms with van der Waals surface area (Å²) in [6.07, 6.45) is 0.206. The van der Waals surface area contributed by atoms with Gasteiger partial charge < -0.3 is 4.74 Å². The largest absolute Gasteiger partial charge is 0.459 e. The molecule has 2 aliphatic heterocycles. The summed E-state index contributed by atoms with van der Waals surface area (Å²) in [5.41, 5.74) is 1.94. The molecule has 0 aromatic heterocycles. The van der Waals surface area contributed by atoms with Crippen LogP contribution in [0.4, 0.5) is 0 Å². The summed E-state index contributed by atoms with van der Waals surface area (Å²) in [7, 11) is 0. The van der Waals surface area contributed by atoms with Crippen molar-refractivity contribution < 1.29 is 14.3 Å². The first-order valence-corrected chi connectivity index (χ1v) is 10.2. The molecular weight excluding hydrogens is 451 g/mol. The van der Waals surface area contributed by atoms with Gasteiger partial charge in [-0.15, -0.1) is 0 Å². The van der Waals surface area contributed by atoms with Gasteiger partial charge in [0.2, 0.25) is 5.91 Å². The van der Waals surface area contributed by atoms with Crippen molar-refractivity contribution in [2.75, 3.05) is 5.75 Å². The lowest BCUT2D eigenvalue weighted by Crippen LogP contribution is -2.46. The molecule has 1 aromatic carbocycles. The van der Waals surface area contributed by atoms with E-state index in [2.05, 4.69) is 27.6 Å². The second kappa shape index (κ2) is 7.49. The number of nitrogens with zero attached hydrogens (tertiary/aromatic N) is 2. The van der Waals surface area contributed by atoms with Gasteiger partial charge in [-0.2, -0.15) is 0 Å². The van der Waals surface area contributed by atoms with E-state index >= 15 is 0 Å². The highest BCUT2D eigenvalue weighted by Crippen LogP contribution is 2.40. The first-order chi connectivity index (χ1) is 11.9. The normalized spacial score (nSPS) is 20.5. The number of halogens is 1. The van der Waals surface area contributed by atoms with Crippen LogP contribution in [0.15, 0.2) is 40.5 Å². The molecule has 1 fully saturated rings. The van der Waals surface area contributed by atoms with Gasteiger partial charge in [-0.05, 0) is 61.1 Å². The number of benzene rings is 1. The zero-order chi connectivity index (χ0) is 18.1. The summed E-state index contributed by atoms with van der Waals surface area (Å²) in [6.45, 7) is 5.43. The third kappa shape index (κ3) is 3.76. The Labute approximate surface area is 165 Å². The molecule has 7 heteroatoms. The van der Waals surface area contributed by atoms with Crippen molar-refractivity contribution in [2.24, 2.45) is 4.99 Å². The Balaban J connectivity index is 2.12. The zero-order valence-corrected chi connectivity index (χ0v) is 17.3. The average Bonchev–Trinajstić information content (AvgIpc) is 2.53. The van der Waals surface area contributed by atoms with Crippen LogP contribution in [0.5, 0.6) is 0 Å². The van der Waals surface area contributed by atoms with E-state index in [9.17, 15) is 9.59 Å². The van der Waals surface area contributed by atoms with Crippen molar-refractivity contribution in [2.45, 2.75) is 39.3 Å². The minimum absolute atomic E-state index is 0.0107. The van der Waals surface area contributed by atoms with Gasteiger partial charge in [0.1, 0.15) is 0 Å². The van der Waals surface area contributed by atoms with Crippen molar-refractivity contribution in [3.05, 3.63) is 44.7 Å². The summed E-state index contributed by atoms with van der Waals surface area (Å²) in [6, 6.07) is 7.37. The molecule has 0 radical (unpaired) electrons. The molecule has 1 atom stereocenters. The number of aliphatic imine (C=N–C) groups is 1. The van der Waals surface area contributed by atoms with Crippen molar-refractivity contribution in [3.8, 4) is 0 Å². The van der Waals surface area contributed by atoms with E-state index in [0.717, 1.165) is 9.13 Å². The molecule has 2 heterocycles. The Kier molecular flexibility index (Phi) is 5.52. The van der Waals surface area contributed by atoms with Crippen LogP contribution >= 0.6 is 34.4 Å². The van der Waals surface area contributed by atoms with Gasteiger partial charge in [0.25, 0.3) is 0 Å². The van der Waals surface area contributed by atoms with Gasteiger partial charge in [0, 0.05) is 15.7 Å². The summed E-state index contributed by atoms with van der Waals surface area (Å²) in [5.74, 6) is 0.290. The highest BCUT2D eigenvalue weighted by Gasteiger charge is 2.41. The third-order valence-corrected chi connectivity index (χ3v) is 5.63. The maximum atomic E-state index is 12.8. The molecule has 5 nitrogen and oxygen atoms in total. The fraction of sp³-hybridized carbons (Fsp3) is 0.389. The lowest BCUT2D eigenvalue weighted by atomic mass is 9.94. The molecular formula is C18H19IN2O3S. The standard InChI is InChI=1S/C18H19IN2O3S/c1-10(2)24-17(23)15-11(3)20-18-21(14(22)8-9-25-18)16(15)12-4-6-13(19)7-5-12/h4-7,10,16H,8-9H2,1-3H3/t16-/m0/s1. The number of carbonyl (C=O) groups is 2. The maximum Gasteiger partial charge on any atom is 0.338 e. The number of fused-ring (bicyclic) bond motifs is 1. The van der Waals surface area contributed by atoms with Crippen molar-refractivity contribution in [1.82, 2.24) is 4.90 Å². The number of carbonyl (C=O) groups excluding carboxylic acids is 2. The van der Waals surface area contributed by atoms with Crippen LogP contribution in [0, 0.1) is 3.57 Å². The minimum atomic E-state index is -0.490. The lowest BCUT2D eigenvalue weighted by Gasteiger charge is -2.39. The van der Waals surface area contributed by atoms with Crippen LogP contribution < -0.4 is 0 Å². The highest BCUT2D eigenvalue weighted by molar-refractivity contribution is 14.1. The van der Waals surface area contributed by atoms with E-state index in [1.807, 2.05) is 38.1 Å². The summed E-state index contributed by atoms with van der Waals surface area (Å²) >= 11 is 3.79. The maximum absolute atomic E-state index is 12.8. The van der Waals surface area contributed by atoms with Crippen LogP contribution in [0.25, 0.3) is 0 Å². The SMILES string of the molecule is CC1=C(C(=O)OC(C)C)[C@H](c2ccc(I)cc2)N2C(=O)CCSC2=N1. The van der Waals surface area contributed by atoms with Gasteiger partial charge in [0.15, 0.2) is 5.17 Å². The number of rotatable bonds is 3. The van der Waals surface area contributed by atoms with Crippen LogP contribution in [0.2, 0.25) is 0 Å². The number of esters is 1. The van der Waals surface area contributed by atoms with Crippen molar-refractivity contribution in [3.63, 3.8) is 0 Å². The van der Waals surface area contributed by atoms with Crippen LogP contribution in [0.1, 0.15) is 38.8 Å². The Morgan fingerprint density at radius 1 is 1.36 bits per heavy atom. The Hall–Kier alpha value is -1.35. The average molecular weight is 470 g/mol. The number of ether oxygens (including phenoxy) is 1. The van der Waals surface area contributed by atoms with Crippen molar-refractivity contribution >= 4 is 51.4 Å². The smallest absolute Gasteiger partial charge is 0.338 e. The monoisotopic (exact) mass is 470 g/mol. The fourth-order valence-electron chi connectivity index (χ4n) is 2.90. The molecule has 1 amide bonds. The summed E-state index contributed by atoms with van der Waals surface area (Å²) in [4.78, 5) is 31.6. The quantitative estimate of drug-likeness (QED) is 0.497. The van der Waals surface area contributed by atoms with Gasteiger partial charge in [-0.25, -0.2) is 9.79 Å². The number of amidine groups is 1. The van der Waals surface area contributed by atoms with E-state index in [1.165, 1.54) is 0 Å². The van der Waals surface area contributed by atoms with E-state index in [0.29, 0.717) is 28.6 Å². The molecule has 0 aliphatic carbocycles. The Bertz CT molecular complexity index is 771. The molecule has 1 aromatic rings. The second-order valence-corrected chi connectivity index (χ2v) is 8.47. The molecule has 0 unspecified atom stereocenters. The molecule has 132 valence electrons. The molecule has 0 N–H and O–H groups in total. The van der Waals surface area contributed by atoms with Gasteiger partial charge in [-0.3, -0.25) is 9.69 Å². The second-order valence-electron chi connectivity index (χ2n) is 6.16. The van der Waals surface area contributed by atoms with E-state index in [4.69, 9.17) is 4.74 Å². The molecule has 25 heavy (non-hydrogen) atoms. The molecule has 3 rings (SSSR count). The molecule has 0 spiro atoms. The number of allylic oxidation sites excluding steroid dienone is 1. The fourth-order valence-corrected chi connectivity index (χ4v) is 4.26. The molecule has 0 saturated carbocycles. The van der Waals surface area contributed by atoms with Gasteiger partial charge in [0.05, 0.1) is 23.4 Å². The Morgan fingerprint density at radius 3 is 2.68 bits per heavy atom. The number of hydrogen-bond acceptors (Lipinski definition) is 5. The predicted octanol–water partition coefficient (Wildman–Crippen LogP) is 3.89. The highest BCUT2D eigenvalue weighted by atomic mass is 127. The van der Waals surface area contributed by atoms with Gasteiger partial charge >= 0.3 is 5.97 Å². The van der Waals surface area contributed by atoms with E-state index in [-0.39, 0.29) is 12.0 Å². The number of amides is 1. The lowest BCUT2D eigenvalue weighted by molar-refractivity contribution is -0.143. The van der Waals surface area contributed by atoms with Crippen molar-refractivity contribution in [1.29, 1.82) is 0 Å². The van der Waals surface area contributed by atoms with Crippen LogP contribution in [-0.2, 0) is 14.3 Å². The van der Waals surface area contributed by atoms with E-state index < -0.39 is 12.0 Å².